The van der Waals surface area contributed by atoms with E-state index in [0.29, 0.717) is 18.4 Å². The molecule has 5 rings (SSSR count). The number of fused-ring (bicyclic) bond motifs is 1. The van der Waals surface area contributed by atoms with Gasteiger partial charge < -0.3 is 10.2 Å². The van der Waals surface area contributed by atoms with Crippen molar-refractivity contribution in [2.24, 2.45) is 5.92 Å². The van der Waals surface area contributed by atoms with Crippen LogP contribution in [0.1, 0.15) is 47.9 Å². The molecule has 1 saturated carbocycles. The van der Waals surface area contributed by atoms with Crippen molar-refractivity contribution >= 4 is 28.3 Å². The molecule has 2 N–H and O–H groups in total. The van der Waals surface area contributed by atoms with Crippen LogP contribution in [0.2, 0.25) is 0 Å². The smallest absolute Gasteiger partial charge is 0.321 e. The maximum absolute atomic E-state index is 12.1. The first kappa shape index (κ1) is 16.9. The lowest BCUT2D eigenvalue weighted by molar-refractivity contribution is 0.248. The van der Waals surface area contributed by atoms with Gasteiger partial charge >= 0.3 is 6.03 Å². The number of anilines is 2. The fourth-order valence-corrected chi connectivity index (χ4v) is 4.82. The maximum atomic E-state index is 12.1. The van der Waals surface area contributed by atoms with E-state index in [4.69, 9.17) is 0 Å². The highest BCUT2D eigenvalue weighted by Crippen LogP contribution is 2.39. The molecule has 7 nitrogen and oxygen atoms in total. The molecular weight excluding hydrogens is 360 g/mol. The Balaban J connectivity index is 1.06. The van der Waals surface area contributed by atoms with Gasteiger partial charge in [-0.2, -0.15) is 5.10 Å². The lowest BCUT2D eigenvalue weighted by Crippen LogP contribution is -2.52. The number of aromatic nitrogens is 3. The number of carbonyl (C=O) groups excluding carboxylic acids is 1. The lowest BCUT2D eigenvalue weighted by Gasteiger charge is -2.39. The quantitative estimate of drug-likeness (QED) is 0.828. The first-order valence-corrected chi connectivity index (χ1v) is 10.7. The van der Waals surface area contributed by atoms with Crippen LogP contribution in [0.15, 0.2) is 12.1 Å². The van der Waals surface area contributed by atoms with Crippen LogP contribution in [0.4, 0.5) is 15.7 Å². The third kappa shape index (κ3) is 3.76. The molecule has 2 amide bonds. The Bertz CT molecular complexity index is 802. The highest BCUT2D eigenvalue weighted by molar-refractivity contribution is 7.15. The Labute approximate surface area is 162 Å². The molecule has 0 bridgehead atoms. The summed E-state index contributed by atoms with van der Waals surface area (Å²) >= 11 is 1.62. The van der Waals surface area contributed by atoms with Crippen molar-refractivity contribution in [1.82, 2.24) is 20.5 Å². The summed E-state index contributed by atoms with van der Waals surface area (Å²) in [5.41, 5.74) is 2.29. The molecule has 0 atom stereocenters. The van der Waals surface area contributed by atoms with Gasteiger partial charge in [-0.3, -0.25) is 5.32 Å². The second-order valence-electron chi connectivity index (χ2n) is 7.79. The summed E-state index contributed by atoms with van der Waals surface area (Å²) in [6.45, 7) is 2.48. The topological polar surface area (TPSA) is 83.0 Å². The van der Waals surface area contributed by atoms with Crippen LogP contribution in [0, 0.1) is 5.92 Å². The van der Waals surface area contributed by atoms with Crippen molar-refractivity contribution < 1.29 is 4.79 Å². The van der Waals surface area contributed by atoms with Crippen LogP contribution in [0.25, 0.3) is 0 Å². The molecule has 0 spiro atoms. The summed E-state index contributed by atoms with van der Waals surface area (Å²) in [5, 5.41) is 15.3. The number of urea groups is 1. The Hall–Kier alpha value is -2.22. The van der Waals surface area contributed by atoms with Crippen molar-refractivity contribution in [3.05, 3.63) is 28.4 Å². The third-order valence-corrected chi connectivity index (χ3v) is 6.64. The molecular formula is C19H24N6OS. The summed E-state index contributed by atoms with van der Waals surface area (Å²) in [6, 6.07) is 4.02. The van der Waals surface area contributed by atoms with Crippen molar-refractivity contribution in [2.45, 2.75) is 44.4 Å². The molecule has 142 valence electrons. The number of hydrogen-bond acceptors (Lipinski definition) is 6. The van der Waals surface area contributed by atoms with E-state index < -0.39 is 0 Å². The van der Waals surface area contributed by atoms with E-state index in [1.165, 1.54) is 36.3 Å². The Morgan fingerprint density at radius 3 is 2.78 bits per heavy atom. The fraction of sp³-hybridized carbons (Fsp3) is 0.579. The molecule has 27 heavy (non-hydrogen) atoms. The van der Waals surface area contributed by atoms with Gasteiger partial charge in [-0.05, 0) is 50.7 Å². The highest BCUT2D eigenvalue weighted by atomic mass is 32.1. The van der Waals surface area contributed by atoms with Gasteiger partial charge in [0.05, 0.1) is 11.4 Å². The summed E-state index contributed by atoms with van der Waals surface area (Å²) in [7, 11) is 0. The SMILES string of the molecule is O=C(NCC1CN(c2ccc(C3CC3)nn2)C1)Nc1nc2c(s1)CCCC2. The zero-order valence-corrected chi connectivity index (χ0v) is 16.1. The first-order valence-electron chi connectivity index (χ1n) is 9.86. The molecule has 1 saturated heterocycles. The number of aryl methyl sites for hydroxylation is 2. The van der Waals surface area contributed by atoms with E-state index in [1.54, 1.807) is 11.3 Å². The molecule has 0 radical (unpaired) electrons. The van der Waals surface area contributed by atoms with Crippen molar-refractivity contribution in [3.8, 4) is 0 Å². The summed E-state index contributed by atoms with van der Waals surface area (Å²) in [5.74, 6) is 2.03. The molecule has 2 aliphatic carbocycles. The largest absolute Gasteiger partial charge is 0.354 e. The van der Waals surface area contributed by atoms with Gasteiger partial charge in [-0.15, -0.1) is 16.4 Å². The van der Waals surface area contributed by atoms with E-state index >= 15 is 0 Å². The van der Waals surface area contributed by atoms with Crippen LogP contribution >= 0.6 is 11.3 Å². The van der Waals surface area contributed by atoms with Crippen LogP contribution in [0.5, 0.6) is 0 Å². The summed E-state index contributed by atoms with van der Waals surface area (Å²) in [6.07, 6.45) is 7.06. The molecule has 2 aromatic rings. The number of thiazole rings is 1. The Morgan fingerprint density at radius 1 is 1.19 bits per heavy atom. The standard InChI is InChI=1S/C19H24N6OS/c26-18(22-19-21-15-3-1-2-4-16(15)27-19)20-9-12-10-25(11-12)17-8-7-14(23-24-17)13-5-6-13/h7-8,12-13H,1-6,9-11H2,(H2,20,21,22,26). The zero-order chi connectivity index (χ0) is 18.2. The van der Waals surface area contributed by atoms with E-state index in [-0.39, 0.29) is 6.03 Å². The zero-order valence-electron chi connectivity index (χ0n) is 15.3. The number of carbonyl (C=O) groups is 1. The molecule has 3 aliphatic rings. The number of amides is 2. The van der Waals surface area contributed by atoms with Crippen molar-refractivity contribution in [2.75, 3.05) is 29.9 Å². The minimum Gasteiger partial charge on any atom is -0.354 e. The molecule has 8 heteroatoms. The average Bonchev–Trinajstić information content (AvgIpc) is 3.41. The van der Waals surface area contributed by atoms with Crippen molar-refractivity contribution in [1.29, 1.82) is 0 Å². The van der Waals surface area contributed by atoms with Gasteiger partial charge in [0, 0.05) is 36.3 Å². The normalized spacial score (nSPS) is 19.3. The maximum Gasteiger partial charge on any atom is 0.321 e. The summed E-state index contributed by atoms with van der Waals surface area (Å²) in [4.78, 5) is 20.2. The van der Waals surface area contributed by atoms with Gasteiger partial charge in [0.1, 0.15) is 0 Å². The molecule has 1 aliphatic heterocycles. The van der Waals surface area contributed by atoms with Crippen LogP contribution in [0.3, 0.4) is 0 Å². The molecule has 3 heterocycles. The van der Waals surface area contributed by atoms with Gasteiger partial charge in [0.15, 0.2) is 10.9 Å². The Kier molecular flexibility index (Phi) is 4.43. The number of nitrogens with zero attached hydrogens (tertiary/aromatic N) is 4. The second-order valence-corrected chi connectivity index (χ2v) is 8.88. The Morgan fingerprint density at radius 2 is 2.04 bits per heavy atom. The average molecular weight is 385 g/mol. The van der Waals surface area contributed by atoms with Gasteiger partial charge in [0.25, 0.3) is 0 Å². The highest BCUT2D eigenvalue weighted by Gasteiger charge is 2.30. The van der Waals surface area contributed by atoms with E-state index in [1.807, 2.05) is 0 Å². The number of hydrogen-bond donors (Lipinski definition) is 2. The first-order chi connectivity index (χ1) is 13.2. The van der Waals surface area contributed by atoms with Crippen molar-refractivity contribution in [3.63, 3.8) is 0 Å². The minimum absolute atomic E-state index is 0.159. The van der Waals surface area contributed by atoms with E-state index in [9.17, 15) is 4.79 Å². The van der Waals surface area contributed by atoms with Crippen LogP contribution in [-0.2, 0) is 12.8 Å². The third-order valence-electron chi connectivity index (χ3n) is 5.57. The predicted molar refractivity (Wildman–Crippen MR) is 105 cm³/mol. The monoisotopic (exact) mass is 384 g/mol. The fourth-order valence-electron chi connectivity index (χ4n) is 3.77. The molecule has 0 aromatic carbocycles. The van der Waals surface area contributed by atoms with E-state index in [0.717, 1.165) is 42.6 Å². The lowest BCUT2D eigenvalue weighted by atomic mass is 10.0. The molecule has 2 aromatic heterocycles. The minimum atomic E-state index is -0.159. The molecule has 0 unspecified atom stereocenters. The van der Waals surface area contributed by atoms with E-state index in [2.05, 4.69) is 42.8 Å². The summed E-state index contributed by atoms with van der Waals surface area (Å²) < 4.78 is 0. The number of rotatable bonds is 5. The van der Waals surface area contributed by atoms with Gasteiger partial charge in [-0.25, -0.2) is 9.78 Å². The molecule has 2 fully saturated rings. The number of nitrogens with one attached hydrogen (secondary N) is 2. The van der Waals surface area contributed by atoms with Crippen LogP contribution in [-0.4, -0.2) is 40.8 Å². The van der Waals surface area contributed by atoms with Crippen LogP contribution < -0.4 is 15.5 Å². The van der Waals surface area contributed by atoms with Gasteiger partial charge in [0.2, 0.25) is 0 Å². The predicted octanol–water partition coefficient (Wildman–Crippen LogP) is 2.95. The van der Waals surface area contributed by atoms with Gasteiger partial charge in [-0.1, -0.05) is 0 Å². The second kappa shape index (κ2) is 7.07.